The van der Waals surface area contributed by atoms with Crippen molar-refractivity contribution < 1.29 is 9.53 Å². The molecule has 0 aliphatic heterocycles. The van der Waals surface area contributed by atoms with E-state index in [0.29, 0.717) is 33.8 Å². The van der Waals surface area contributed by atoms with Crippen LogP contribution in [0.1, 0.15) is 15.9 Å². The second-order valence-electron chi connectivity index (χ2n) is 5.67. The number of amides is 1. The van der Waals surface area contributed by atoms with Crippen LogP contribution >= 0.6 is 11.8 Å². The van der Waals surface area contributed by atoms with Crippen molar-refractivity contribution in [1.29, 1.82) is 0 Å². The second kappa shape index (κ2) is 8.41. The zero-order chi connectivity index (χ0) is 19.2. The van der Waals surface area contributed by atoms with Crippen molar-refractivity contribution in [2.45, 2.75) is 10.9 Å². The largest absolute Gasteiger partial charge is 0.497 e. The molecule has 0 fully saturated rings. The minimum absolute atomic E-state index is 0.175. The average molecular weight is 381 g/mol. The van der Waals surface area contributed by atoms with Gasteiger partial charge in [0, 0.05) is 23.1 Å². The number of nitrogens with one attached hydrogen (secondary N) is 1. The fourth-order valence-electron chi connectivity index (χ4n) is 2.30. The number of anilines is 3. The first kappa shape index (κ1) is 18.5. The molecule has 0 unspecified atom stereocenters. The number of nitrogens with zero attached hydrogens (tertiary/aromatic N) is 2. The third-order valence-electron chi connectivity index (χ3n) is 3.68. The van der Waals surface area contributed by atoms with E-state index in [0.717, 1.165) is 11.3 Å². The number of nitrogens with two attached hydrogens (primary N) is 2. The monoisotopic (exact) mass is 381 g/mol. The summed E-state index contributed by atoms with van der Waals surface area (Å²) < 4.78 is 5.10. The van der Waals surface area contributed by atoms with Gasteiger partial charge in [0.2, 0.25) is 0 Å². The van der Waals surface area contributed by atoms with Crippen LogP contribution < -0.4 is 21.5 Å². The smallest absolute Gasteiger partial charge is 0.255 e. The Morgan fingerprint density at radius 2 is 1.67 bits per heavy atom. The number of carbonyl (C=O) groups excluding carboxylic acids is 1. The molecule has 0 aliphatic carbocycles. The van der Waals surface area contributed by atoms with E-state index in [1.54, 1.807) is 43.5 Å². The van der Waals surface area contributed by atoms with Crippen LogP contribution in [0.15, 0.2) is 59.8 Å². The van der Waals surface area contributed by atoms with Crippen molar-refractivity contribution >= 4 is 35.0 Å². The standard InChI is InChI=1S/C19H19N5O2S/c1-26-15-8-6-14(7-9-15)22-18(25)13-4-2-12(3-5-13)11-27-19-23-16(20)10-17(21)24-19/h2-10H,11H2,1H3,(H,22,25)(H4,20,21,23,24). The molecule has 0 saturated carbocycles. The molecular formula is C19H19N5O2S. The first-order valence-electron chi connectivity index (χ1n) is 8.10. The van der Waals surface area contributed by atoms with Crippen LogP contribution in [0.2, 0.25) is 0 Å². The van der Waals surface area contributed by atoms with E-state index in [9.17, 15) is 4.79 Å². The Morgan fingerprint density at radius 1 is 1.04 bits per heavy atom. The summed E-state index contributed by atoms with van der Waals surface area (Å²) in [6.45, 7) is 0. The predicted octanol–water partition coefficient (Wildman–Crippen LogP) is 3.19. The van der Waals surface area contributed by atoms with E-state index in [-0.39, 0.29) is 5.91 Å². The van der Waals surface area contributed by atoms with E-state index < -0.39 is 0 Å². The van der Waals surface area contributed by atoms with Gasteiger partial charge in [0.25, 0.3) is 5.91 Å². The summed E-state index contributed by atoms with van der Waals surface area (Å²) in [6.07, 6.45) is 0. The number of benzene rings is 2. The van der Waals surface area contributed by atoms with Crippen LogP contribution in [0.3, 0.4) is 0 Å². The highest BCUT2D eigenvalue weighted by molar-refractivity contribution is 7.98. The average Bonchev–Trinajstić information content (AvgIpc) is 2.66. The van der Waals surface area contributed by atoms with Crippen LogP contribution in [0.5, 0.6) is 5.75 Å². The molecule has 0 saturated heterocycles. The minimum Gasteiger partial charge on any atom is -0.497 e. The van der Waals surface area contributed by atoms with Crippen molar-refractivity contribution in [2.75, 3.05) is 23.9 Å². The van der Waals surface area contributed by atoms with Crippen LogP contribution in [-0.4, -0.2) is 23.0 Å². The maximum absolute atomic E-state index is 12.3. The van der Waals surface area contributed by atoms with Crippen molar-refractivity contribution in [1.82, 2.24) is 9.97 Å². The first-order valence-corrected chi connectivity index (χ1v) is 9.09. The fraction of sp³-hybridized carbons (Fsp3) is 0.105. The van der Waals surface area contributed by atoms with Crippen molar-refractivity contribution in [2.24, 2.45) is 0 Å². The Morgan fingerprint density at radius 3 is 2.26 bits per heavy atom. The summed E-state index contributed by atoms with van der Waals surface area (Å²) in [5.41, 5.74) is 13.6. The van der Waals surface area contributed by atoms with Gasteiger partial charge in [-0.3, -0.25) is 4.79 Å². The van der Waals surface area contributed by atoms with Gasteiger partial charge in [0.05, 0.1) is 7.11 Å². The van der Waals surface area contributed by atoms with E-state index in [2.05, 4.69) is 15.3 Å². The van der Waals surface area contributed by atoms with Crippen molar-refractivity contribution in [3.05, 3.63) is 65.7 Å². The summed E-state index contributed by atoms with van der Waals surface area (Å²) in [5.74, 6) is 1.89. The van der Waals surface area contributed by atoms with Gasteiger partial charge in [-0.05, 0) is 42.0 Å². The molecule has 2 aromatic carbocycles. The summed E-state index contributed by atoms with van der Waals surface area (Å²) >= 11 is 1.43. The third kappa shape index (κ3) is 5.11. The van der Waals surface area contributed by atoms with Gasteiger partial charge < -0.3 is 21.5 Å². The molecule has 8 heteroatoms. The molecule has 27 heavy (non-hydrogen) atoms. The van der Waals surface area contributed by atoms with Gasteiger partial charge in [-0.15, -0.1) is 0 Å². The van der Waals surface area contributed by atoms with Gasteiger partial charge in [-0.1, -0.05) is 23.9 Å². The van der Waals surface area contributed by atoms with E-state index in [4.69, 9.17) is 16.2 Å². The van der Waals surface area contributed by atoms with E-state index >= 15 is 0 Å². The molecule has 3 rings (SSSR count). The maximum Gasteiger partial charge on any atom is 0.255 e. The molecule has 1 heterocycles. The Labute approximate surface area is 161 Å². The lowest BCUT2D eigenvalue weighted by Crippen LogP contribution is -2.11. The maximum atomic E-state index is 12.3. The lowest BCUT2D eigenvalue weighted by Gasteiger charge is -2.07. The number of aromatic nitrogens is 2. The van der Waals surface area contributed by atoms with E-state index in [1.165, 1.54) is 17.8 Å². The number of ether oxygens (including phenoxy) is 1. The topological polar surface area (TPSA) is 116 Å². The SMILES string of the molecule is COc1ccc(NC(=O)c2ccc(CSc3nc(N)cc(N)n3)cc2)cc1. The van der Waals surface area contributed by atoms with Gasteiger partial charge in [0.1, 0.15) is 17.4 Å². The fourth-order valence-corrected chi connectivity index (χ4v) is 3.13. The molecule has 7 nitrogen and oxygen atoms in total. The summed E-state index contributed by atoms with van der Waals surface area (Å²) in [6, 6.07) is 16.0. The predicted molar refractivity (Wildman–Crippen MR) is 108 cm³/mol. The number of thioether (sulfide) groups is 1. The van der Waals surface area contributed by atoms with Crippen LogP contribution in [0, 0.1) is 0 Å². The highest BCUT2D eigenvalue weighted by atomic mass is 32.2. The first-order chi connectivity index (χ1) is 13.0. The lowest BCUT2D eigenvalue weighted by molar-refractivity contribution is 0.102. The van der Waals surface area contributed by atoms with E-state index in [1.807, 2.05) is 12.1 Å². The number of rotatable bonds is 6. The normalized spacial score (nSPS) is 10.4. The molecule has 1 aromatic heterocycles. The molecule has 0 atom stereocenters. The molecule has 0 bridgehead atoms. The molecule has 0 spiro atoms. The Hall–Kier alpha value is -3.26. The van der Waals surface area contributed by atoms with Gasteiger partial charge in [-0.25, -0.2) is 9.97 Å². The van der Waals surface area contributed by atoms with Gasteiger partial charge in [-0.2, -0.15) is 0 Å². The summed E-state index contributed by atoms with van der Waals surface area (Å²) in [4.78, 5) is 20.6. The Bertz CT molecular complexity index is 910. The second-order valence-corrected chi connectivity index (χ2v) is 6.61. The summed E-state index contributed by atoms with van der Waals surface area (Å²) in [5, 5.41) is 3.37. The number of nitrogen functional groups attached to an aromatic ring is 2. The number of methoxy groups -OCH3 is 1. The number of hydrogen-bond donors (Lipinski definition) is 3. The minimum atomic E-state index is -0.175. The van der Waals surface area contributed by atoms with Crippen LogP contribution in [0.4, 0.5) is 17.3 Å². The molecule has 0 radical (unpaired) electrons. The zero-order valence-corrected chi connectivity index (χ0v) is 15.5. The third-order valence-corrected chi connectivity index (χ3v) is 4.60. The quantitative estimate of drug-likeness (QED) is 0.443. The molecule has 1 amide bonds. The van der Waals surface area contributed by atoms with Crippen molar-refractivity contribution in [3.63, 3.8) is 0 Å². The Balaban J connectivity index is 1.59. The zero-order valence-electron chi connectivity index (χ0n) is 14.7. The lowest BCUT2D eigenvalue weighted by atomic mass is 10.1. The molecule has 5 N–H and O–H groups in total. The van der Waals surface area contributed by atoms with Crippen molar-refractivity contribution in [3.8, 4) is 5.75 Å². The summed E-state index contributed by atoms with van der Waals surface area (Å²) in [7, 11) is 1.60. The highest BCUT2D eigenvalue weighted by Crippen LogP contribution is 2.22. The van der Waals surface area contributed by atoms with Crippen LogP contribution in [-0.2, 0) is 5.75 Å². The Kier molecular flexibility index (Phi) is 5.77. The molecular weight excluding hydrogens is 362 g/mol. The number of carbonyl (C=O) groups is 1. The molecule has 0 aliphatic rings. The molecule has 138 valence electrons. The van der Waals surface area contributed by atoms with Gasteiger partial charge >= 0.3 is 0 Å². The highest BCUT2D eigenvalue weighted by Gasteiger charge is 2.07. The van der Waals surface area contributed by atoms with Crippen LogP contribution in [0.25, 0.3) is 0 Å². The number of hydrogen-bond acceptors (Lipinski definition) is 7. The van der Waals surface area contributed by atoms with Gasteiger partial charge in [0.15, 0.2) is 5.16 Å². The molecule has 3 aromatic rings.